The maximum Gasteiger partial charge on any atom is 0.350 e. The molecule has 2 heterocycles. The molecule has 4 rings (SSSR count). The maximum absolute atomic E-state index is 13.9. The van der Waals surface area contributed by atoms with Crippen molar-refractivity contribution >= 4 is 44.8 Å². The van der Waals surface area contributed by atoms with Crippen LogP contribution >= 0.6 is 27.3 Å². The largest absolute Gasteiger partial charge is 0.465 e. The molecule has 1 spiro atoms. The number of esters is 1. The van der Waals surface area contributed by atoms with Gasteiger partial charge in [0, 0.05) is 40.7 Å². The zero-order valence-corrected chi connectivity index (χ0v) is 21.1. The summed E-state index contributed by atoms with van der Waals surface area (Å²) in [5, 5.41) is 0. The Bertz CT molecular complexity index is 895. The fourth-order valence-electron chi connectivity index (χ4n) is 5.19. The number of hydrogen-bond acceptors (Lipinski definition) is 6. The van der Waals surface area contributed by atoms with Crippen molar-refractivity contribution in [2.24, 2.45) is 11.8 Å². The van der Waals surface area contributed by atoms with Gasteiger partial charge in [0.15, 0.2) is 5.79 Å². The Labute approximate surface area is 202 Å². The van der Waals surface area contributed by atoms with Gasteiger partial charge < -0.3 is 19.1 Å². The van der Waals surface area contributed by atoms with Crippen molar-refractivity contribution in [3.8, 4) is 10.8 Å². The van der Waals surface area contributed by atoms with Crippen molar-refractivity contribution in [3.63, 3.8) is 0 Å². The summed E-state index contributed by atoms with van der Waals surface area (Å²) in [4.78, 5) is 32.3. The van der Waals surface area contributed by atoms with Gasteiger partial charge in [0.25, 0.3) is 0 Å². The van der Waals surface area contributed by atoms with Crippen LogP contribution in [0.2, 0.25) is 0 Å². The van der Waals surface area contributed by atoms with Gasteiger partial charge in [-0.1, -0.05) is 6.92 Å². The summed E-state index contributed by atoms with van der Waals surface area (Å²) in [7, 11) is 1.37. The molecule has 1 saturated heterocycles. The van der Waals surface area contributed by atoms with Gasteiger partial charge in [-0.2, -0.15) is 0 Å². The van der Waals surface area contributed by atoms with Crippen molar-refractivity contribution in [2.75, 3.05) is 25.2 Å². The molecule has 2 saturated carbocycles. The highest BCUT2D eigenvalue weighted by Gasteiger charge is 2.44. The van der Waals surface area contributed by atoms with Crippen molar-refractivity contribution in [1.29, 1.82) is 0 Å². The Morgan fingerprint density at radius 2 is 1.81 bits per heavy atom. The normalized spacial score (nSPS) is 25.2. The van der Waals surface area contributed by atoms with Crippen molar-refractivity contribution < 1.29 is 23.8 Å². The van der Waals surface area contributed by atoms with Crippen LogP contribution in [0, 0.1) is 22.6 Å². The zero-order chi connectivity index (χ0) is 22.7. The third-order valence-corrected chi connectivity index (χ3v) is 8.23. The van der Waals surface area contributed by atoms with E-state index in [1.165, 1.54) is 18.4 Å². The number of ether oxygens (including phenoxy) is 3. The Balaban J connectivity index is 1.67. The molecule has 0 aromatic carbocycles. The number of carbonyl (C=O) groups is 2. The lowest BCUT2D eigenvalue weighted by molar-refractivity contribution is -0.179. The number of thiophene rings is 1. The molecule has 1 aromatic heterocycles. The highest BCUT2D eigenvalue weighted by Crippen LogP contribution is 2.42. The first kappa shape index (κ1) is 23.7. The van der Waals surface area contributed by atoms with Crippen LogP contribution in [-0.4, -0.2) is 44.0 Å². The summed E-state index contributed by atoms with van der Waals surface area (Å²) in [6, 6.07) is 1.85. The summed E-state index contributed by atoms with van der Waals surface area (Å²) in [6.07, 6.45) is 6.94. The second kappa shape index (κ2) is 10.3. The molecule has 174 valence electrons. The Kier molecular flexibility index (Phi) is 7.61. The van der Waals surface area contributed by atoms with Crippen LogP contribution in [-0.2, 0) is 19.0 Å². The Morgan fingerprint density at radius 1 is 1.16 bits per heavy atom. The summed E-state index contributed by atoms with van der Waals surface area (Å²) in [5.74, 6) is 2.79. The van der Waals surface area contributed by atoms with Gasteiger partial charge in [-0.15, -0.1) is 11.3 Å². The predicted molar refractivity (Wildman–Crippen MR) is 127 cm³/mol. The second-order valence-corrected chi connectivity index (χ2v) is 10.5. The molecule has 1 amide bonds. The molecule has 3 fully saturated rings. The highest BCUT2D eigenvalue weighted by atomic mass is 79.9. The number of carbonyl (C=O) groups excluding carboxylic acids is 2. The van der Waals surface area contributed by atoms with Gasteiger partial charge in [0.2, 0.25) is 5.91 Å². The van der Waals surface area contributed by atoms with E-state index in [1.807, 2.05) is 11.0 Å². The minimum absolute atomic E-state index is 0.0111. The van der Waals surface area contributed by atoms with Gasteiger partial charge in [0.05, 0.1) is 30.9 Å². The van der Waals surface area contributed by atoms with E-state index in [0.717, 1.165) is 56.2 Å². The van der Waals surface area contributed by atoms with Gasteiger partial charge in [-0.05, 0) is 61.3 Å². The minimum Gasteiger partial charge on any atom is -0.465 e. The van der Waals surface area contributed by atoms with Gasteiger partial charge >= 0.3 is 5.97 Å². The van der Waals surface area contributed by atoms with Crippen LogP contribution in [0.25, 0.3) is 0 Å². The van der Waals surface area contributed by atoms with E-state index in [-0.39, 0.29) is 17.9 Å². The van der Waals surface area contributed by atoms with Gasteiger partial charge in [-0.25, -0.2) is 4.79 Å². The number of nitrogens with zero attached hydrogens (tertiary/aromatic N) is 1. The fourth-order valence-corrected chi connectivity index (χ4v) is 6.46. The first-order chi connectivity index (χ1) is 15.5. The molecule has 0 N–H and O–H groups in total. The van der Waals surface area contributed by atoms with E-state index in [9.17, 15) is 9.59 Å². The molecule has 2 aliphatic carbocycles. The van der Waals surface area contributed by atoms with Crippen LogP contribution in [0.3, 0.4) is 0 Å². The molecule has 32 heavy (non-hydrogen) atoms. The smallest absolute Gasteiger partial charge is 0.350 e. The lowest BCUT2D eigenvalue weighted by atomic mass is 9.81. The van der Waals surface area contributed by atoms with E-state index >= 15 is 0 Å². The number of anilines is 1. The van der Waals surface area contributed by atoms with Crippen LogP contribution < -0.4 is 4.90 Å². The molecule has 6 nitrogen and oxygen atoms in total. The van der Waals surface area contributed by atoms with E-state index < -0.39 is 11.8 Å². The molecular formula is C24H30BrNO5S. The maximum atomic E-state index is 13.9. The van der Waals surface area contributed by atoms with Crippen LogP contribution in [0.4, 0.5) is 5.69 Å². The topological polar surface area (TPSA) is 65.1 Å². The van der Waals surface area contributed by atoms with Crippen molar-refractivity contribution in [3.05, 3.63) is 15.8 Å². The number of hydrogen-bond donors (Lipinski definition) is 0. The van der Waals surface area contributed by atoms with E-state index in [2.05, 4.69) is 33.6 Å². The molecule has 0 unspecified atom stereocenters. The molecule has 0 bridgehead atoms. The van der Waals surface area contributed by atoms with E-state index in [4.69, 9.17) is 14.2 Å². The minimum atomic E-state index is -0.502. The molecule has 3 aliphatic rings. The van der Waals surface area contributed by atoms with Crippen molar-refractivity contribution in [2.45, 2.75) is 70.1 Å². The summed E-state index contributed by atoms with van der Waals surface area (Å²) in [6.45, 7) is 3.50. The van der Waals surface area contributed by atoms with E-state index in [0.29, 0.717) is 29.7 Å². The summed E-state index contributed by atoms with van der Waals surface area (Å²) in [5.41, 5.74) is 0.630. The van der Waals surface area contributed by atoms with E-state index in [1.54, 1.807) is 0 Å². The molecular weight excluding hydrogens is 494 g/mol. The third-order valence-electron chi connectivity index (χ3n) is 7.01. The average molecular weight is 524 g/mol. The van der Waals surface area contributed by atoms with Crippen molar-refractivity contribution in [1.82, 2.24) is 0 Å². The number of amides is 1. The zero-order valence-electron chi connectivity index (χ0n) is 18.7. The Hall–Kier alpha value is -1.40. The molecule has 0 radical (unpaired) electrons. The Morgan fingerprint density at radius 3 is 2.41 bits per heavy atom. The monoisotopic (exact) mass is 523 g/mol. The van der Waals surface area contributed by atoms with Crippen LogP contribution in [0.15, 0.2) is 6.07 Å². The summed E-state index contributed by atoms with van der Waals surface area (Å²) >= 11 is 4.41. The molecule has 1 aromatic rings. The first-order valence-electron chi connectivity index (χ1n) is 11.4. The second-order valence-electron chi connectivity index (χ2n) is 9.04. The summed E-state index contributed by atoms with van der Waals surface area (Å²) < 4.78 is 16.9. The lowest BCUT2D eigenvalue weighted by Gasteiger charge is -2.42. The number of rotatable bonds is 4. The fraction of sp³-hybridized carbons (Fsp3) is 0.667. The lowest BCUT2D eigenvalue weighted by Crippen LogP contribution is -2.49. The third kappa shape index (κ3) is 4.91. The molecule has 0 atom stereocenters. The number of halogens is 1. The SMILES string of the molecule is COC(=O)c1sc(C#CBr)cc1N(C(=O)C1CCC(C)CC1)C1CCC2(CC1)OCCO2. The van der Waals surface area contributed by atoms with Gasteiger partial charge in [-0.3, -0.25) is 4.79 Å². The molecule has 8 heteroatoms. The standard InChI is InChI=1S/C24H30BrNO5S/c1-16-3-5-17(6-4-16)22(27)26(18-7-10-24(11-8-18)30-13-14-31-24)20-15-19(9-12-25)32-21(20)23(28)29-2/h15-18H,3-8,10-11,13-14H2,1-2H3. The average Bonchev–Trinajstić information content (AvgIpc) is 3.43. The van der Waals surface area contributed by atoms with Crippen LogP contribution in [0.1, 0.15) is 72.8 Å². The molecule has 1 aliphatic heterocycles. The first-order valence-corrected chi connectivity index (χ1v) is 13.0. The highest BCUT2D eigenvalue weighted by molar-refractivity contribution is 9.12. The predicted octanol–water partition coefficient (Wildman–Crippen LogP) is 5.08. The van der Waals surface area contributed by atoms with Gasteiger partial charge in [0.1, 0.15) is 4.88 Å². The quantitative estimate of drug-likeness (QED) is 0.406. The van der Waals surface area contributed by atoms with Crippen LogP contribution in [0.5, 0.6) is 0 Å². The number of methoxy groups -OCH3 is 1.